The van der Waals surface area contributed by atoms with Gasteiger partial charge in [-0.1, -0.05) is 54.6 Å². The van der Waals surface area contributed by atoms with Gasteiger partial charge < -0.3 is 5.11 Å². The molecule has 1 unspecified atom stereocenters. The van der Waals surface area contributed by atoms with Gasteiger partial charge in [0, 0.05) is 6.04 Å². The average Bonchev–Trinajstić information content (AvgIpc) is 2.62. The van der Waals surface area contributed by atoms with Gasteiger partial charge in [0.2, 0.25) is 0 Å². The first-order valence-electron chi connectivity index (χ1n) is 8.27. The van der Waals surface area contributed by atoms with E-state index in [4.69, 9.17) is 5.11 Å². The number of likely N-dealkylation sites (tertiary alicyclic amines) is 1. The molecule has 0 saturated carbocycles. The molecule has 1 N–H and O–H groups in total. The van der Waals surface area contributed by atoms with E-state index >= 15 is 0 Å². The third-order valence-electron chi connectivity index (χ3n) is 4.93. The molecule has 23 heavy (non-hydrogen) atoms. The molecule has 3 rings (SSSR count). The van der Waals surface area contributed by atoms with Crippen molar-refractivity contribution >= 4 is 5.97 Å². The maximum absolute atomic E-state index is 11.1. The van der Waals surface area contributed by atoms with Crippen LogP contribution in [0.25, 0.3) is 11.1 Å². The van der Waals surface area contributed by atoms with Crippen LogP contribution in [0.2, 0.25) is 0 Å². The summed E-state index contributed by atoms with van der Waals surface area (Å²) in [6.07, 6.45) is 1.50. The molecule has 0 aromatic heterocycles. The van der Waals surface area contributed by atoms with Crippen molar-refractivity contribution in [2.45, 2.75) is 25.8 Å². The van der Waals surface area contributed by atoms with Gasteiger partial charge in [-0.25, -0.2) is 0 Å². The van der Waals surface area contributed by atoms with Crippen molar-refractivity contribution in [3.63, 3.8) is 0 Å². The minimum absolute atomic E-state index is 0.168. The molecule has 0 bridgehead atoms. The Hall–Kier alpha value is -2.13. The first-order valence-corrected chi connectivity index (χ1v) is 8.27. The predicted molar refractivity (Wildman–Crippen MR) is 92.2 cm³/mol. The number of piperidine rings is 1. The van der Waals surface area contributed by atoms with E-state index in [9.17, 15) is 4.79 Å². The van der Waals surface area contributed by atoms with E-state index in [1.165, 1.54) is 16.7 Å². The molecule has 1 heterocycles. The van der Waals surface area contributed by atoms with Crippen molar-refractivity contribution in [3.05, 3.63) is 60.2 Å². The lowest BCUT2D eigenvalue weighted by molar-refractivity contribution is -0.143. The van der Waals surface area contributed by atoms with E-state index in [2.05, 4.69) is 60.4 Å². The fourth-order valence-electron chi connectivity index (χ4n) is 3.33. The third kappa shape index (κ3) is 3.62. The smallest absolute Gasteiger partial charge is 0.306 e. The lowest BCUT2D eigenvalue weighted by Crippen LogP contribution is -2.37. The summed E-state index contributed by atoms with van der Waals surface area (Å²) in [5, 5.41) is 9.10. The summed E-state index contributed by atoms with van der Waals surface area (Å²) in [4.78, 5) is 13.4. The minimum Gasteiger partial charge on any atom is -0.481 e. The molecule has 1 fully saturated rings. The van der Waals surface area contributed by atoms with E-state index in [0.29, 0.717) is 6.04 Å². The Kier molecular flexibility index (Phi) is 4.77. The largest absolute Gasteiger partial charge is 0.481 e. The van der Waals surface area contributed by atoms with Gasteiger partial charge in [0.1, 0.15) is 0 Å². The zero-order valence-corrected chi connectivity index (χ0v) is 13.5. The standard InChI is InChI=1S/C20H23NO2/c1-15(21-13-11-19(12-14-21)20(22)23)16-7-9-18(10-8-16)17-5-3-2-4-6-17/h2-10,15,19H,11-14H2,1H3,(H,22,23). The van der Waals surface area contributed by atoms with E-state index in [-0.39, 0.29) is 5.92 Å². The summed E-state index contributed by atoms with van der Waals surface area (Å²) in [6.45, 7) is 3.93. The van der Waals surface area contributed by atoms with Gasteiger partial charge in [-0.15, -0.1) is 0 Å². The Bertz CT molecular complexity index is 643. The topological polar surface area (TPSA) is 40.5 Å². The number of aliphatic carboxylic acids is 1. The Morgan fingerprint density at radius 1 is 1.00 bits per heavy atom. The molecule has 2 aromatic carbocycles. The average molecular weight is 309 g/mol. The molecule has 3 nitrogen and oxygen atoms in total. The second-order valence-corrected chi connectivity index (χ2v) is 6.31. The van der Waals surface area contributed by atoms with Crippen LogP contribution in [0.3, 0.4) is 0 Å². The minimum atomic E-state index is -0.649. The highest BCUT2D eigenvalue weighted by molar-refractivity contribution is 5.70. The third-order valence-corrected chi connectivity index (χ3v) is 4.93. The van der Waals surface area contributed by atoms with Crippen LogP contribution < -0.4 is 0 Å². The molecule has 120 valence electrons. The number of hydrogen-bond donors (Lipinski definition) is 1. The fourth-order valence-corrected chi connectivity index (χ4v) is 3.33. The molecule has 0 radical (unpaired) electrons. The van der Waals surface area contributed by atoms with Crippen LogP contribution in [0, 0.1) is 5.92 Å². The Balaban J connectivity index is 1.67. The monoisotopic (exact) mass is 309 g/mol. The predicted octanol–water partition coefficient (Wildman–Crippen LogP) is 4.21. The molecule has 1 atom stereocenters. The molecular formula is C20H23NO2. The number of hydrogen-bond acceptors (Lipinski definition) is 2. The van der Waals surface area contributed by atoms with Crippen molar-refractivity contribution in [2.75, 3.05) is 13.1 Å². The molecule has 1 aliphatic heterocycles. The zero-order valence-electron chi connectivity index (χ0n) is 13.5. The van der Waals surface area contributed by atoms with Gasteiger partial charge >= 0.3 is 5.97 Å². The highest BCUT2D eigenvalue weighted by Crippen LogP contribution is 2.28. The van der Waals surface area contributed by atoms with Crippen LogP contribution in [0.5, 0.6) is 0 Å². The number of benzene rings is 2. The quantitative estimate of drug-likeness (QED) is 0.919. The van der Waals surface area contributed by atoms with Crippen molar-refractivity contribution in [1.82, 2.24) is 4.90 Å². The van der Waals surface area contributed by atoms with Crippen LogP contribution >= 0.6 is 0 Å². The molecular weight excluding hydrogens is 286 g/mol. The van der Waals surface area contributed by atoms with Gasteiger partial charge in [-0.3, -0.25) is 9.69 Å². The molecule has 0 amide bonds. The summed E-state index contributed by atoms with van der Waals surface area (Å²) in [7, 11) is 0. The second kappa shape index (κ2) is 6.97. The van der Waals surface area contributed by atoms with E-state index in [1.54, 1.807) is 0 Å². The summed E-state index contributed by atoms with van der Waals surface area (Å²) in [5.74, 6) is -0.816. The van der Waals surface area contributed by atoms with Crippen molar-refractivity contribution in [2.24, 2.45) is 5.92 Å². The molecule has 1 saturated heterocycles. The summed E-state index contributed by atoms with van der Waals surface area (Å²) < 4.78 is 0. The maximum Gasteiger partial charge on any atom is 0.306 e. The first-order chi connectivity index (χ1) is 11.1. The van der Waals surface area contributed by atoms with E-state index < -0.39 is 5.97 Å². The van der Waals surface area contributed by atoms with Crippen LogP contribution in [0.1, 0.15) is 31.4 Å². The van der Waals surface area contributed by atoms with Crippen LogP contribution in [-0.4, -0.2) is 29.1 Å². The first kappa shape index (κ1) is 15.8. The van der Waals surface area contributed by atoms with Crippen LogP contribution in [0.4, 0.5) is 0 Å². The van der Waals surface area contributed by atoms with Gasteiger partial charge in [0.15, 0.2) is 0 Å². The van der Waals surface area contributed by atoms with Crippen molar-refractivity contribution in [1.29, 1.82) is 0 Å². The molecule has 1 aliphatic rings. The van der Waals surface area contributed by atoms with Gasteiger partial charge in [0.25, 0.3) is 0 Å². The SMILES string of the molecule is CC(c1ccc(-c2ccccc2)cc1)N1CCC(C(=O)O)CC1. The zero-order chi connectivity index (χ0) is 16.2. The number of carboxylic acids is 1. The second-order valence-electron chi connectivity index (χ2n) is 6.31. The maximum atomic E-state index is 11.1. The van der Waals surface area contributed by atoms with Crippen LogP contribution in [0.15, 0.2) is 54.6 Å². The Labute approximate surface area is 137 Å². The van der Waals surface area contributed by atoms with Crippen molar-refractivity contribution < 1.29 is 9.90 Å². The fraction of sp³-hybridized carbons (Fsp3) is 0.350. The molecule has 0 aliphatic carbocycles. The van der Waals surface area contributed by atoms with Crippen molar-refractivity contribution in [3.8, 4) is 11.1 Å². The number of carbonyl (C=O) groups is 1. The highest BCUT2D eigenvalue weighted by atomic mass is 16.4. The normalized spacial score (nSPS) is 17.8. The number of nitrogens with zero attached hydrogens (tertiary/aromatic N) is 1. The van der Waals surface area contributed by atoms with E-state index in [0.717, 1.165) is 25.9 Å². The molecule has 3 heteroatoms. The summed E-state index contributed by atoms with van der Waals surface area (Å²) >= 11 is 0. The highest BCUT2D eigenvalue weighted by Gasteiger charge is 2.27. The van der Waals surface area contributed by atoms with Gasteiger partial charge in [-0.2, -0.15) is 0 Å². The Morgan fingerprint density at radius 2 is 1.57 bits per heavy atom. The van der Waals surface area contributed by atoms with Crippen LogP contribution in [-0.2, 0) is 4.79 Å². The number of rotatable bonds is 4. The molecule has 2 aromatic rings. The number of carboxylic acid groups (broad SMARTS) is 1. The van der Waals surface area contributed by atoms with Gasteiger partial charge in [-0.05, 0) is 49.5 Å². The summed E-state index contributed by atoms with van der Waals surface area (Å²) in [5.41, 5.74) is 3.75. The lowest BCUT2D eigenvalue weighted by Gasteiger charge is -2.35. The molecule has 0 spiro atoms. The summed E-state index contributed by atoms with van der Waals surface area (Å²) in [6, 6.07) is 19.4. The van der Waals surface area contributed by atoms with Gasteiger partial charge in [0.05, 0.1) is 5.92 Å². The Morgan fingerprint density at radius 3 is 2.13 bits per heavy atom. The van der Waals surface area contributed by atoms with E-state index in [1.807, 2.05) is 6.07 Å². The lowest BCUT2D eigenvalue weighted by atomic mass is 9.94.